The first kappa shape index (κ1) is 28.6. The van der Waals surface area contributed by atoms with E-state index < -0.39 is 41.4 Å². The lowest BCUT2D eigenvalue weighted by Gasteiger charge is -2.37. The maximum Gasteiger partial charge on any atom is 0.418 e. The van der Waals surface area contributed by atoms with Crippen LogP contribution in [0.1, 0.15) is 21.5 Å². The summed E-state index contributed by atoms with van der Waals surface area (Å²) in [6.07, 6.45) is -9.37. The van der Waals surface area contributed by atoms with Crippen molar-refractivity contribution >= 4 is 41.7 Å². The quantitative estimate of drug-likeness (QED) is 0.267. The first-order chi connectivity index (χ1) is 16.3. The summed E-state index contributed by atoms with van der Waals surface area (Å²) in [6.45, 7) is 0.0412. The van der Waals surface area contributed by atoms with Crippen LogP contribution < -0.4 is 21.3 Å². The van der Waals surface area contributed by atoms with Crippen LogP contribution in [0.5, 0.6) is 0 Å². The van der Waals surface area contributed by atoms with Gasteiger partial charge in [0.15, 0.2) is 5.96 Å². The molecule has 0 aromatic heterocycles. The molecule has 1 saturated heterocycles. The molecule has 2 aromatic carbocycles. The highest BCUT2D eigenvalue weighted by molar-refractivity contribution is 6.04. The van der Waals surface area contributed by atoms with Crippen molar-refractivity contribution in [3.05, 3.63) is 59.2 Å². The minimum atomic E-state index is -4.79. The number of alkyl halides is 6. The predicted octanol–water partition coefficient (Wildman–Crippen LogP) is 4.12. The topological polar surface area (TPSA) is 115 Å². The number of amides is 3. The lowest BCUT2D eigenvalue weighted by Crippen LogP contribution is -2.50. The van der Waals surface area contributed by atoms with Gasteiger partial charge in [0, 0.05) is 43.1 Å². The molecule has 0 atom stereocenters. The number of carbonyl (C=O) groups excluding carboxylic acids is 2. The molecule has 1 heterocycles. The van der Waals surface area contributed by atoms with Gasteiger partial charge in [-0.15, -0.1) is 12.4 Å². The Balaban J connectivity index is 0.00000456. The monoisotopic (exact) mass is 538 g/mol. The normalized spacial score (nSPS) is 14.1. The lowest BCUT2D eigenvalue weighted by molar-refractivity contribution is -0.138. The summed E-state index contributed by atoms with van der Waals surface area (Å²) in [7, 11) is 0. The van der Waals surface area contributed by atoms with Gasteiger partial charge in [0.25, 0.3) is 5.91 Å². The Morgan fingerprint density at radius 1 is 0.917 bits per heavy atom. The van der Waals surface area contributed by atoms with Gasteiger partial charge in [-0.1, -0.05) is 6.07 Å². The SMILES string of the molecule is Cl.N=C(N)NC(=O)c1ccc(N2CCN(C(=O)Nc3cccc(C(F)(F)F)c3)CC2)c(C(F)(F)F)c1. The molecule has 0 saturated carbocycles. The number of urea groups is 1. The van der Waals surface area contributed by atoms with E-state index in [9.17, 15) is 35.9 Å². The number of anilines is 2. The average molecular weight is 539 g/mol. The fraction of sp³-hybridized carbons (Fsp3) is 0.286. The highest BCUT2D eigenvalue weighted by Crippen LogP contribution is 2.38. The van der Waals surface area contributed by atoms with E-state index in [4.69, 9.17) is 11.1 Å². The maximum atomic E-state index is 13.7. The Morgan fingerprint density at radius 2 is 1.56 bits per heavy atom. The Labute approximate surface area is 207 Å². The number of hydrogen-bond acceptors (Lipinski definition) is 4. The zero-order chi connectivity index (χ0) is 26.0. The molecule has 8 nitrogen and oxygen atoms in total. The van der Waals surface area contributed by atoms with E-state index >= 15 is 0 Å². The largest absolute Gasteiger partial charge is 0.418 e. The van der Waals surface area contributed by atoms with Crippen molar-refractivity contribution in [3.8, 4) is 0 Å². The smallest absolute Gasteiger partial charge is 0.370 e. The number of benzene rings is 2. The molecule has 1 aliphatic rings. The molecule has 0 unspecified atom stereocenters. The summed E-state index contributed by atoms with van der Waals surface area (Å²) in [5.74, 6) is -1.68. The second-order valence-electron chi connectivity index (χ2n) is 7.58. The molecular weight excluding hydrogens is 518 g/mol. The van der Waals surface area contributed by atoms with Crippen molar-refractivity contribution in [2.75, 3.05) is 36.4 Å². The molecule has 1 aliphatic heterocycles. The number of rotatable bonds is 3. The van der Waals surface area contributed by atoms with Crippen LogP contribution in [0.2, 0.25) is 0 Å². The number of guanidine groups is 1. The Morgan fingerprint density at radius 3 is 2.11 bits per heavy atom. The molecule has 0 spiro atoms. The fourth-order valence-electron chi connectivity index (χ4n) is 3.50. The molecule has 3 amide bonds. The van der Waals surface area contributed by atoms with Crippen molar-refractivity contribution < 1.29 is 35.9 Å². The van der Waals surface area contributed by atoms with Gasteiger partial charge in [0.05, 0.1) is 11.1 Å². The van der Waals surface area contributed by atoms with Gasteiger partial charge in [0.1, 0.15) is 0 Å². The van der Waals surface area contributed by atoms with Crippen LogP contribution in [0.4, 0.5) is 42.5 Å². The molecule has 2 aromatic rings. The van der Waals surface area contributed by atoms with E-state index in [1.807, 2.05) is 5.32 Å². The van der Waals surface area contributed by atoms with E-state index in [1.54, 1.807) is 0 Å². The number of carbonyl (C=O) groups is 2. The van der Waals surface area contributed by atoms with Gasteiger partial charge in [-0.2, -0.15) is 26.3 Å². The van der Waals surface area contributed by atoms with Crippen LogP contribution in [-0.2, 0) is 12.4 Å². The van der Waals surface area contributed by atoms with Gasteiger partial charge >= 0.3 is 18.4 Å². The van der Waals surface area contributed by atoms with Crippen LogP contribution in [0.15, 0.2) is 42.5 Å². The molecule has 0 bridgehead atoms. The summed E-state index contributed by atoms with van der Waals surface area (Å²) >= 11 is 0. The minimum Gasteiger partial charge on any atom is -0.370 e. The molecule has 1 fully saturated rings. The number of nitrogens with one attached hydrogen (secondary N) is 3. The van der Waals surface area contributed by atoms with Crippen LogP contribution in [0, 0.1) is 5.41 Å². The number of nitrogens with two attached hydrogens (primary N) is 1. The van der Waals surface area contributed by atoms with Crippen molar-refractivity contribution in [1.29, 1.82) is 5.41 Å². The number of nitrogens with zero attached hydrogens (tertiary/aromatic N) is 2. The first-order valence-corrected chi connectivity index (χ1v) is 10.1. The number of halogens is 7. The van der Waals surface area contributed by atoms with Crippen molar-refractivity contribution in [2.24, 2.45) is 5.73 Å². The first-order valence-electron chi connectivity index (χ1n) is 10.1. The van der Waals surface area contributed by atoms with Crippen molar-refractivity contribution in [3.63, 3.8) is 0 Å². The lowest BCUT2D eigenvalue weighted by atomic mass is 10.1. The van der Waals surface area contributed by atoms with Gasteiger partial charge < -0.3 is 20.9 Å². The van der Waals surface area contributed by atoms with Crippen LogP contribution in [-0.4, -0.2) is 49.0 Å². The molecule has 3 rings (SSSR count). The Bertz CT molecular complexity index is 1130. The second-order valence-corrected chi connectivity index (χ2v) is 7.58. The Hall–Kier alpha value is -3.68. The highest BCUT2D eigenvalue weighted by Gasteiger charge is 2.37. The van der Waals surface area contributed by atoms with E-state index in [2.05, 4.69) is 5.32 Å². The third-order valence-corrected chi connectivity index (χ3v) is 5.16. The molecule has 0 aliphatic carbocycles. The fourth-order valence-corrected chi connectivity index (χ4v) is 3.50. The third-order valence-electron chi connectivity index (χ3n) is 5.16. The van der Waals surface area contributed by atoms with Gasteiger partial charge in [-0.25, -0.2) is 4.79 Å². The molecule has 196 valence electrons. The van der Waals surface area contributed by atoms with Crippen LogP contribution in [0.3, 0.4) is 0 Å². The minimum absolute atomic E-state index is 0. The summed E-state index contributed by atoms with van der Waals surface area (Å²) in [5.41, 5.74) is 2.44. The summed E-state index contributed by atoms with van der Waals surface area (Å²) in [4.78, 5) is 27.1. The number of piperazine rings is 1. The van der Waals surface area contributed by atoms with Crippen molar-refractivity contribution in [2.45, 2.75) is 12.4 Å². The zero-order valence-corrected chi connectivity index (χ0v) is 19.2. The summed E-state index contributed by atoms with van der Waals surface area (Å²) in [6, 6.07) is 6.34. The zero-order valence-electron chi connectivity index (χ0n) is 18.3. The van der Waals surface area contributed by atoms with Gasteiger partial charge in [-0.3, -0.25) is 15.5 Å². The van der Waals surface area contributed by atoms with Crippen LogP contribution >= 0.6 is 12.4 Å². The van der Waals surface area contributed by atoms with Gasteiger partial charge in [0.2, 0.25) is 0 Å². The molecule has 5 N–H and O–H groups in total. The average Bonchev–Trinajstić information content (AvgIpc) is 2.77. The molecule has 0 radical (unpaired) electrons. The Kier molecular flexibility index (Phi) is 8.67. The van der Waals surface area contributed by atoms with Crippen LogP contribution in [0.25, 0.3) is 0 Å². The second kappa shape index (κ2) is 10.9. The van der Waals surface area contributed by atoms with E-state index in [1.165, 1.54) is 15.9 Å². The maximum absolute atomic E-state index is 13.7. The van der Waals surface area contributed by atoms with E-state index in [-0.39, 0.29) is 55.5 Å². The number of hydrogen-bond donors (Lipinski definition) is 4. The van der Waals surface area contributed by atoms with E-state index in [0.29, 0.717) is 6.07 Å². The summed E-state index contributed by atoms with van der Waals surface area (Å²) in [5, 5.41) is 11.3. The van der Waals surface area contributed by atoms with E-state index in [0.717, 1.165) is 30.3 Å². The molecular formula is C21H21ClF6N6O2. The standard InChI is InChI=1S/C21H20F6N6O2.ClH/c22-20(23,24)13-2-1-3-14(11-13)30-19(35)33-8-6-32(7-9-33)16-5-4-12(17(34)31-18(28)29)10-15(16)21(25,26)27;/h1-5,10-11H,6-9H2,(H,30,35)(H4,28,29,31,34);1H. The molecule has 15 heteroatoms. The predicted molar refractivity (Wildman–Crippen MR) is 122 cm³/mol. The third kappa shape index (κ3) is 6.93. The summed E-state index contributed by atoms with van der Waals surface area (Å²) < 4.78 is 79.7. The molecule has 36 heavy (non-hydrogen) atoms. The van der Waals surface area contributed by atoms with Gasteiger partial charge in [-0.05, 0) is 36.4 Å². The van der Waals surface area contributed by atoms with Crippen molar-refractivity contribution in [1.82, 2.24) is 10.2 Å². The highest BCUT2D eigenvalue weighted by atomic mass is 35.5.